The van der Waals surface area contributed by atoms with Gasteiger partial charge >= 0.3 is 0 Å². The van der Waals surface area contributed by atoms with Crippen molar-refractivity contribution in [2.24, 2.45) is 0 Å². The van der Waals surface area contributed by atoms with Crippen LogP contribution in [0, 0.1) is 0 Å². The summed E-state index contributed by atoms with van der Waals surface area (Å²) in [6.07, 6.45) is 2.68. The Morgan fingerprint density at radius 1 is 1.43 bits per heavy atom. The number of hydrogen-bond donors (Lipinski definition) is 1. The maximum atomic E-state index is 8.85. The van der Waals surface area contributed by atoms with Crippen LogP contribution in [0.3, 0.4) is 0 Å². The Morgan fingerprint density at radius 2 is 2.14 bits per heavy atom. The van der Waals surface area contributed by atoms with E-state index < -0.39 is 0 Å². The van der Waals surface area contributed by atoms with Crippen molar-refractivity contribution in [3.05, 3.63) is 0 Å². The largest absolute Gasteiger partial charge is 0.395 e. The first kappa shape index (κ1) is 12.0. The normalized spacial score (nSPS) is 25.3. The molecule has 1 heterocycles. The van der Waals surface area contributed by atoms with E-state index in [2.05, 4.69) is 25.7 Å². The van der Waals surface area contributed by atoms with Gasteiger partial charge in [-0.1, -0.05) is 0 Å². The Labute approximate surface area is 87.1 Å². The maximum Gasteiger partial charge on any atom is 0.0709 e. The molecule has 1 aliphatic rings. The van der Waals surface area contributed by atoms with Crippen molar-refractivity contribution in [1.29, 1.82) is 0 Å². The minimum Gasteiger partial charge on any atom is -0.395 e. The molecule has 1 saturated heterocycles. The van der Waals surface area contributed by atoms with Gasteiger partial charge in [-0.3, -0.25) is 4.90 Å². The van der Waals surface area contributed by atoms with E-state index in [1.807, 2.05) is 0 Å². The monoisotopic (exact) mass is 201 g/mol. The van der Waals surface area contributed by atoms with Gasteiger partial charge in [0.25, 0.3) is 0 Å². The van der Waals surface area contributed by atoms with E-state index in [4.69, 9.17) is 9.84 Å². The molecule has 0 radical (unpaired) electrons. The van der Waals surface area contributed by atoms with E-state index in [9.17, 15) is 0 Å². The van der Waals surface area contributed by atoms with Crippen molar-refractivity contribution in [1.82, 2.24) is 4.90 Å². The molecule has 0 aliphatic carbocycles. The topological polar surface area (TPSA) is 32.7 Å². The molecule has 0 bridgehead atoms. The average molecular weight is 201 g/mol. The zero-order valence-corrected chi connectivity index (χ0v) is 9.62. The molecule has 0 aromatic rings. The van der Waals surface area contributed by atoms with E-state index in [0.717, 1.165) is 26.1 Å². The number of hydrogen-bond acceptors (Lipinski definition) is 3. The Hall–Kier alpha value is -0.120. The minimum absolute atomic E-state index is 0.0487. The Morgan fingerprint density at radius 3 is 2.71 bits per heavy atom. The van der Waals surface area contributed by atoms with Crippen molar-refractivity contribution in [3.8, 4) is 0 Å². The standard InChI is InChI=1S/C11H23NO2/c1-11(2,3)14-10-5-4-6-12(9-10)7-8-13/h10,13H,4-9H2,1-3H3. The predicted molar refractivity (Wildman–Crippen MR) is 57.4 cm³/mol. The molecule has 3 heteroatoms. The molecule has 1 fully saturated rings. The van der Waals surface area contributed by atoms with Crippen LogP contribution in [0.1, 0.15) is 33.6 Å². The molecule has 0 aromatic carbocycles. The number of aliphatic hydroxyl groups is 1. The van der Waals surface area contributed by atoms with E-state index in [1.165, 1.54) is 6.42 Å². The first-order chi connectivity index (χ1) is 6.51. The molecule has 1 aliphatic heterocycles. The molecule has 1 atom stereocenters. The lowest BCUT2D eigenvalue weighted by Gasteiger charge is -2.35. The SMILES string of the molecule is CC(C)(C)OC1CCCN(CCO)C1. The predicted octanol–water partition coefficient (Wildman–Crippen LogP) is 1.26. The van der Waals surface area contributed by atoms with Gasteiger partial charge in [-0.25, -0.2) is 0 Å². The fourth-order valence-corrected chi connectivity index (χ4v) is 1.95. The van der Waals surface area contributed by atoms with Crippen LogP contribution in [0.2, 0.25) is 0 Å². The summed E-state index contributed by atoms with van der Waals surface area (Å²) in [5, 5.41) is 8.85. The summed E-state index contributed by atoms with van der Waals surface area (Å²) < 4.78 is 5.93. The molecule has 0 saturated carbocycles. The molecule has 1 rings (SSSR count). The molecule has 0 amide bonds. The fourth-order valence-electron chi connectivity index (χ4n) is 1.95. The van der Waals surface area contributed by atoms with Gasteiger partial charge in [0, 0.05) is 13.1 Å². The molecule has 0 spiro atoms. The van der Waals surface area contributed by atoms with E-state index in [1.54, 1.807) is 0 Å². The Kier molecular flexibility index (Phi) is 4.35. The molecule has 1 unspecified atom stereocenters. The molecule has 14 heavy (non-hydrogen) atoms. The summed E-state index contributed by atoms with van der Waals surface area (Å²) >= 11 is 0. The van der Waals surface area contributed by atoms with Crippen LogP contribution in [0.25, 0.3) is 0 Å². The van der Waals surface area contributed by atoms with Crippen LogP contribution in [-0.2, 0) is 4.74 Å². The van der Waals surface area contributed by atoms with E-state index in [-0.39, 0.29) is 12.2 Å². The van der Waals surface area contributed by atoms with Crippen LogP contribution in [0.5, 0.6) is 0 Å². The van der Waals surface area contributed by atoms with E-state index in [0.29, 0.717) is 6.10 Å². The van der Waals surface area contributed by atoms with Gasteiger partial charge in [0.2, 0.25) is 0 Å². The first-order valence-electron chi connectivity index (χ1n) is 5.52. The van der Waals surface area contributed by atoms with Crippen molar-refractivity contribution >= 4 is 0 Å². The summed E-state index contributed by atoms with van der Waals surface area (Å²) in [4.78, 5) is 2.28. The highest BCUT2D eigenvalue weighted by Gasteiger charge is 2.24. The van der Waals surface area contributed by atoms with Gasteiger partial charge in [-0.05, 0) is 40.2 Å². The van der Waals surface area contributed by atoms with Gasteiger partial charge in [-0.2, -0.15) is 0 Å². The second-order valence-corrected chi connectivity index (χ2v) is 5.02. The van der Waals surface area contributed by atoms with Gasteiger partial charge in [0.15, 0.2) is 0 Å². The minimum atomic E-state index is -0.0487. The van der Waals surface area contributed by atoms with Gasteiger partial charge in [-0.15, -0.1) is 0 Å². The number of aliphatic hydroxyl groups excluding tert-OH is 1. The number of piperidine rings is 1. The first-order valence-corrected chi connectivity index (χ1v) is 5.52. The van der Waals surface area contributed by atoms with Crippen molar-refractivity contribution in [2.45, 2.75) is 45.3 Å². The van der Waals surface area contributed by atoms with Crippen LogP contribution >= 0.6 is 0 Å². The van der Waals surface area contributed by atoms with Crippen molar-refractivity contribution in [3.63, 3.8) is 0 Å². The summed E-state index contributed by atoms with van der Waals surface area (Å²) in [6, 6.07) is 0. The maximum absolute atomic E-state index is 8.85. The third kappa shape index (κ3) is 4.40. The number of rotatable bonds is 3. The average Bonchev–Trinajstić information content (AvgIpc) is 2.02. The molecular formula is C11H23NO2. The molecule has 3 nitrogen and oxygen atoms in total. The van der Waals surface area contributed by atoms with Crippen LogP contribution in [0.15, 0.2) is 0 Å². The van der Waals surface area contributed by atoms with Crippen LogP contribution in [-0.4, -0.2) is 48.0 Å². The van der Waals surface area contributed by atoms with Crippen molar-refractivity contribution < 1.29 is 9.84 Å². The van der Waals surface area contributed by atoms with Gasteiger partial charge in [0.05, 0.1) is 18.3 Å². The van der Waals surface area contributed by atoms with E-state index >= 15 is 0 Å². The lowest BCUT2D eigenvalue weighted by atomic mass is 10.1. The molecular weight excluding hydrogens is 178 g/mol. The molecule has 1 N–H and O–H groups in total. The Bertz CT molecular complexity index is 163. The third-order valence-electron chi connectivity index (χ3n) is 2.40. The van der Waals surface area contributed by atoms with Crippen LogP contribution in [0.4, 0.5) is 0 Å². The second-order valence-electron chi connectivity index (χ2n) is 5.02. The fraction of sp³-hybridized carbons (Fsp3) is 1.00. The quantitative estimate of drug-likeness (QED) is 0.746. The lowest BCUT2D eigenvalue weighted by Crippen LogP contribution is -2.43. The Balaban J connectivity index is 2.32. The summed E-state index contributed by atoms with van der Waals surface area (Å²) in [7, 11) is 0. The summed E-state index contributed by atoms with van der Waals surface area (Å²) in [5.74, 6) is 0. The van der Waals surface area contributed by atoms with Crippen LogP contribution < -0.4 is 0 Å². The highest BCUT2D eigenvalue weighted by molar-refractivity contribution is 4.75. The lowest BCUT2D eigenvalue weighted by molar-refractivity contribution is -0.0871. The summed E-state index contributed by atoms with van der Waals surface area (Å²) in [6.45, 7) is 9.39. The van der Waals surface area contributed by atoms with Gasteiger partial charge in [0.1, 0.15) is 0 Å². The highest BCUT2D eigenvalue weighted by Crippen LogP contribution is 2.19. The number of ether oxygens (including phenoxy) is 1. The third-order valence-corrected chi connectivity index (χ3v) is 2.40. The van der Waals surface area contributed by atoms with Crippen molar-refractivity contribution in [2.75, 3.05) is 26.2 Å². The molecule has 84 valence electrons. The number of likely N-dealkylation sites (tertiary alicyclic amines) is 1. The number of β-amino-alcohol motifs (C(OH)–C–C–N with tert-alkyl or cyclic N) is 1. The smallest absolute Gasteiger partial charge is 0.0709 e. The summed E-state index contributed by atoms with van der Waals surface area (Å²) in [5.41, 5.74) is -0.0487. The van der Waals surface area contributed by atoms with Gasteiger partial charge < -0.3 is 9.84 Å². The zero-order chi connectivity index (χ0) is 10.6. The number of nitrogens with zero attached hydrogens (tertiary/aromatic N) is 1. The molecule has 0 aromatic heterocycles. The highest BCUT2D eigenvalue weighted by atomic mass is 16.5. The second kappa shape index (κ2) is 5.10. The zero-order valence-electron chi connectivity index (χ0n) is 9.62.